The van der Waals surface area contributed by atoms with Crippen molar-refractivity contribution < 1.29 is 5.11 Å². The Balaban J connectivity index is 2.80. The molecule has 5 nitrogen and oxygen atoms in total. The second-order valence-corrected chi connectivity index (χ2v) is 5.28. The Hall–Kier alpha value is -1.36. The van der Waals surface area contributed by atoms with Crippen LogP contribution in [-0.2, 0) is 0 Å². The lowest BCUT2D eigenvalue weighted by Crippen LogP contribution is -2.22. The van der Waals surface area contributed by atoms with Crippen LogP contribution in [-0.4, -0.2) is 35.3 Å². The summed E-state index contributed by atoms with van der Waals surface area (Å²) in [7, 11) is 2.03. The van der Waals surface area contributed by atoms with Crippen LogP contribution < -0.4 is 10.6 Å². The molecule has 0 aliphatic rings. The summed E-state index contributed by atoms with van der Waals surface area (Å²) in [6.07, 6.45) is 2.92. The molecule has 0 aliphatic heterocycles. The van der Waals surface area contributed by atoms with Crippen LogP contribution in [0, 0.1) is 6.92 Å². The Morgan fingerprint density at radius 1 is 1.21 bits per heavy atom. The predicted octanol–water partition coefficient (Wildman–Crippen LogP) is 2.09. The smallest absolute Gasteiger partial charge is 0.137 e. The van der Waals surface area contributed by atoms with Gasteiger partial charge in [-0.3, -0.25) is 0 Å². The molecule has 0 amide bonds. The van der Waals surface area contributed by atoms with Crippen LogP contribution in [0.4, 0.5) is 11.6 Å². The van der Waals surface area contributed by atoms with E-state index in [4.69, 9.17) is 10.8 Å². The van der Waals surface area contributed by atoms with Gasteiger partial charge in [0.25, 0.3) is 0 Å². The molecule has 0 spiro atoms. The molecule has 0 saturated heterocycles. The highest BCUT2D eigenvalue weighted by molar-refractivity contribution is 5.56. The van der Waals surface area contributed by atoms with Gasteiger partial charge in [-0.1, -0.05) is 13.8 Å². The fourth-order valence-electron chi connectivity index (χ4n) is 1.91. The molecular formula is C14H26N4O. The Bertz CT molecular complexity index is 407. The summed E-state index contributed by atoms with van der Waals surface area (Å²) in [5.74, 6) is 2.54. The largest absolute Gasteiger partial charge is 0.396 e. The van der Waals surface area contributed by atoms with E-state index in [1.807, 2.05) is 14.0 Å². The second kappa shape index (κ2) is 7.28. The summed E-state index contributed by atoms with van der Waals surface area (Å²) < 4.78 is 0. The number of aromatic nitrogens is 2. The van der Waals surface area contributed by atoms with Gasteiger partial charge in [-0.05, 0) is 26.2 Å². The lowest BCUT2D eigenvalue weighted by atomic mass is 10.2. The summed E-state index contributed by atoms with van der Waals surface area (Å²) in [4.78, 5) is 11.1. The average Bonchev–Trinajstić information content (AvgIpc) is 2.37. The van der Waals surface area contributed by atoms with E-state index < -0.39 is 0 Å². The summed E-state index contributed by atoms with van der Waals surface area (Å²) in [5, 5.41) is 8.78. The molecule has 1 aromatic rings. The van der Waals surface area contributed by atoms with Gasteiger partial charge in [-0.25, -0.2) is 9.97 Å². The maximum Gasteiger partial charge on any atom is 0.137 e. The van der Waals surface area contributed by atoms with E-state index in [9.17, 15) is 0 Å². The van der Waals surface area contributed by atoms with Crippen molar-refractivity contribution in [2.24, 2.45) is 0 Å². The summed E-state index contributed by atoms with van der Waals surface area (Å²) in [5.41, 5.74) is 6.90. The normalized spacial score (nSPS) is 11.1. The van der Waals surface area contributed by atoms with Crippen LogP contribution in [0.15, 0.2) is 0 Å². The lowest BCUT2D eigenvalue weighted by molar-refractivity contribution is 0.283. The number of nitrogens with two attached hydrogens (primary N) is 1. The zero-order valence-electron chi connectivity index (χ0n) is 12.5. The molecule has 3 N–H and O–H groups in total. The van der Waals surface area contributed by atoms with Gasteiger partial charge in [0.05, 0.1) is 0 Å². The van der Waals surface area contributed by atoms with E-state index in [1.54, 1.807) is 0 Å². The highest BCUT2D eigenvalue weighted by atomic mass is 16.2. The molecule has 1 heterocycles. The Morgan fingerprint density at radius 2 is 1.89 bits per heavy atom. The van der Waals surface area contributed by atoms with E-state index in [-0.39, 0.29) is 12.5 Å². The molecule has 0 atom stereocenters. The van der Waals surface area contributed by atoms with Gasteiger partial charge in [-0.2, -0.15) is 0 Å². The highest BCUT2D eigenvalue weighted by Gasteiger charge is 2.14. The molecule has 0 aliphatic carbocycles. The molecule has 0 fully saturated rings. The maximum absolute atomic E-state index is 8.78. The molecule has 0 radical (unpaired) electrons. The standard InChI is InChI=1S/C14H26N4O/c1-10(2)13-16-12(15)11(3)14(17-13)18(4)8-6-5-7-9-19/h10,19H,5-9H2,1-4H3,(H2,15,16,17). The van der Waals surface area contributed by atoms with Crippen molar-refractivity contribution in [2.45, 2.75) is 46.0 Å². The predicted molar refractivity (Wildman–Crippen MR) is 79.5 cm³/mol. The minimum Gasteiger partial charge on any atom is -0.396 e. The third-order valence-electron chi connectivity index (χ3n) is 3.20. The van der Waals surface area contributed by atoms with E-state index in [1.165, 1.54) is 0 Å². The topological polar surface area (TPSA) is 75.3 Å². The van der Waals surface area contributed by atoms with Crippen molar-refractivity contribution in [1.82, 2.24) is 9.97 Å². The van der Waals surface area contributed by atoms with Gasteiger partial charge >= 0.3 is 0 Å². The first-order chi connectivity index (χ1) is 8.97. The maximum atomic E-state index is 8.78. The lowest BCUT2D eigenvalue weighted by Gasteiger charge is -2.22. The van der Waals surface area contributed by atoms with E-state index >= 15 is 0 Å². The SMILES string of the molecule is Cc1c(N)nc(C(C)C)nc1N(C)CCCCCO. The number of hydrogen-bond acceptors (Lipinski definition) is 5. The van der Waals surface area contributed by atoms with Gasteiger partial charge < -0.3 is 15.7 Å². The number of aliphatic hydroxyl groups excluding tert-OH is 1. The van der Waals surface area contributed by atoms with Gasteiger partial charge in [0.2, 0.25) is 0 Å². The van der Waals surface area contributed by atoms with E-state index in [0.29, 0.717) is 5.82 Å². The Labute approximate surface area is 115 Å². The van der Waals surface area contributed by atoms with Crippen molar-refractivity contribution in [3.05, 3.63) is 11.4 Å². The van der Waals surface area contributed by atoms with Crippen LogP contribution in [0.2, 0.25) is 0 Å². The first-order valence-electron chi connectivity index (χ1n) is 6.93. The van der Waals surface area contributed by atoms with Crippen molar-refractivity contribution in [3.63, 3.8) is 0 Å². The number of aliphatic hydroxyl groups is 1. The van der Waals surface area contributed by atoms with Crippen LogP contribution >= 0.6 is 0 Å². The fraction of sp³-hybridized carbons (Fsp3) is 0.714. The molecular weight excluding hydrogens is 240 g/mol. The van der Waals surface area contributed by atoms with Crippen LogP contribution in [0.5, 0.6) is 0 Å². The number of rotatable bonds is 7. The van der Waals surface area contributed by atoms with E-state index in [2.05, 4.69) is 28.7 Å². The number of anilines is 2. The summed E-state index contributed by atoms with van der Waals surface area (Å²) in [6.45, 7) is 7.26. The number of unbranched alkanes of at least 4 members (excludes halogenated alkanes) is 2. The number of nitrogen functional groups attached to an aromatic ring is 1. The highest BCUT2D eigenvalue weighted by Crippen LogP contribution is 2.23. The Kier molecular flexibility index (Phi) is 6.02. The quantitative estimate of drug-likeness (QED) is 0.739. The van der Waals surface area contributed by atoms with E-state index in [0.717, 1.165) is 43.0 Å². The molecule has 1 rings (SSSR count). The van der Waals surface area contributed by atoms with Gasteiger partial charge in [0, 0.05) is 31.7 Å². The van der Waals surface area contributed by atoms with Crippen molar-refractivity contribution in [3.8, 4) is 0 Å². The van der Waals surface area contributed by atoms with Crippen molar-refractivity contribution in [1.29, 1.82) is 0 Å². The first kappa shape index (κ1) is 15.7. The Morgan fingerprint density at radius 3 is 2.47 bits per heavy atom. The molecule has 0 unspecified atom stereocenters. The van der Waals surface area contributed by atoms with Gasteiger partial charge in [0.1, 0.15) is 17.5 Å². The van der Waals surface area contributed by atoms with Crippen LogP contribution in [0.1, 0.15) is 50.4 Å². The first-order valence-corrected chi connectivity index (χ1v) is 6.93. The number of nitrogens with zero attached hydrogens (tertiary/aromatic N) is 3. The number of hydrogen-bond donors (Lipinski definition) is 2. The molecule has 0 bridgehead atoms. The summed E-state index contributed by atoms with van der Waals surface area (Å²) >= 11 is 0. The third-order valence-corrected chi connectivity index (χ3v) is 3.20. The zero-order valence-corrected chi connectivity index (χ0v) is 12.5. The molecule has 0 aromatic carbocycles. The molecule has 0 saturated carbocycles. The van der Waals surface area contributed by atoms with Crippen molar-refractivity contribution >= 4 is 11.6 Å². The van der Waals surface area contributed by atoms with Crippen LogP contribution in [0.25, 0.3) is 0 Å². The monoisotopic (exact) mass is 266 g/mol. The fourth-order valence-corrected chi connectivity index (χ4v) is 1.91. The second-order valence-electron chi connectivity index (χ2n) is 5.28. The molecule has 108 valence electrons. The minimum atomic E-state index is 0.265. The molecule has 19 heavy (non-hydrogen) atoms. The van der Waals surface area contributed by atoms with Crippen molar-refractivity contribution in [2.75, 3.05) is 30.8 Å². The third kappa shape index (κ3) is 4.35. The zero-order chi connectivity index (χ0) is 14.4. The summed E-state index contributed by atoms with van der Waals surface area (Å²) in [6, 6.07) is 0. The van der Waals surface area contributed by atoms with Gasteiger partial charge in [0.15, 0.2) is 0 Å². The molecule has 1 aromatic heterocycles. The molecule has 5 heteroatoms. The average molecular weight is 266 g/mol. The van der Waals surface area contributed by atoms with Crippen LogP contribution in [0.3, 0.4) is 0 Å². The minimum absolute atomic E-state index is 0.265. The van der Waals surface area contributed by atoms with Gasteiger partial charge in [-0.15, -0.1) is 0 Å².